The van der Waals surface area contributed by atoms with Crippen LogP contribution in [0.2, 0.25) is 5.02 Å². The first-order valence-corrected chi connectivity index (χ1v) is 12.2. The number of aromatic amines is 1. The second-order valence-corrected chi connectivity index (χ2v) is 9.78. The molecule has 0 unspecified atom stereocenters. The van der Waals surface area contributed by atoms with E-state index in [-0.39, 0.29) is 11.8 Å². The van der Waals surface area contributed by atoms with Crippen molar-refractivity contribution in [2.75, 3.05) is 51.7 Å². The highest BCUT2D eigenvalue weighted by Crippen LogP contribution is 2.36. The van der Waals surface area contributed by atoms with Crippen molar-refractivity contribution in [2.24, 2.45) is 7.05 Å². The molecule has 1 atom stereocenters. The summed E-state index contributed by atoms with van der Waals surface area (Å²) in [5.74, 6) is -0.0632. The van der Waals surface area contributed by atoms with Gasteiger partial charge < -0.3 is 19.7 Å². The van der Waals surface area contributed by atoms with Gasteiger partial charge in [0.15, 0.2) is 0 Å². The number of carbonyl (C=O) groups excluding carboxylic acids is 1. The average Bonchev–Trinajstić information content (AvgIpc) is 3.51. The molecule has 0 bridgehead atoms. The second-order valence-electron chi connectivity index (χ2n) is 9.34. The summed E-state index contributed by atoms with van der Waals surface area (Å²) in [5.41, 5.74) is 5.08. The van der Waals surface area contributed by atoms with Gasteiger partial charge in [0, 0.05) is 79.9 Å². The van der Waals surface area contributed by atoms with Crippen molar-refractivity contribution in [3.8, 4) is 11.1 Å². The van der Waals surface area contributed by atoms with Crippen LogP contribution in [0.4, 0.5) is 5.69 Å². The molecule has 8 nitrogen and oxygen atoms in total. The molecule has 9 heteroatoms. The standard InChI is InChI=1S/C26H30ClN7O/c1-31(2)17-23(18-4-6-20(27)7-5-18)26(35)34-12-10-33(11-13-34)24-21-8-9-28-25(21)29-15-22(24)19-14-30-32(3)16-19/h4-9,14-16,23H,10-13,17H2,1-3H3,(H,28,29)/t23-/m1/s1. The number of hydrogen-bond acceptors (Lipinski definition) is 5. The van der Waals surface area contributed by atoms with Crippen LogP contribution in [0.15, 0.2) is 55.1 Å². The second kappa shape index (κ2) is 9.71. The molecule has 1 N–H and O–H groups in total. The third-order valence-corrected chi connectivity index (χ3v) is 6.85. The van der Waals surface area contributed by atoms with Crippen LogP contribution in [0.3, 0.4) is 0 Å². The summed E-state index contributed by atoms with van der Waals surface area (Å²) in [6.07, 6.45) is 7.72. The zero-order chi connectivity index (χ0) is 24.5. The quantitative estimate of drug-likeness (QED) is 0.446. The molecular weight excluding hydrogens is 462 g/mol. The number of aryl methyl sites for hydroxylation is 1. The average molecular weight is 492 g/mol. The van der Waals surface area contributed by atoms with E-state index in [4.69, 9.17) is 11.6 Å². The summed E-state index contributed by atoms with van der Waals surface area (Å²) in [6.45, 7) is 3.48. The number of piperazine rings is 1. The molecule has 4 aromatic rings. The van der Waals surface area contributed by atoms with Gasteiger partial charge in [0.25, 0.3) is 0 Å². The zero-order valence-corrected chi connectivity index (χ0v) is 21.0. The third-order valence-electron chi connectivity index (χ3n) is 6.60. The molecule has 1 amide bonds. The summed E-state index contributed by atoms with van der Waals surface area (Å²) in [5, 5.41) is 6.12. The highest BCUT2D eigenvalue weighted by atomic mass is 35.5. The minimum absolute atomic E-state index is 0.162. The maximum Gasteiger partial charge on any atom is 0.231 e. The van der Waals surface area contributed by atoms with Gasteiger partial charge in [-0.15, -0.1) is 0 Å². The van der Waals surface area contributed by atoms with Crippen LogP contribution >= 0.6 is 11.6 Å². The SMILES string of the molecule is CN(C)C[C@@H](C(=O)N1CCN(c2c(-c3cnn(C)c3)cnc3[nH]ccc23)CC1)c1ccc(Cl)cc1. The van der Waals surface area contributed by atoms with Crippen LogP contribution in [0.5, 0.6) is 0 Å². The van der Waals surface area contributed by atoms with Gasteiger partial charge in [0.2, 0.25) is 5.91 Å². The Morgan fingerprint density at radius 2 is 1.86 bits per heavy atom. The topological polar surface area (TPSA) is 73.3 Å². The number of fused-ring (bicyclic) bond motifs is 1. The molecule has 182 valence electrons. The number of nitrogens with zero attached hydrogens (tertiary/aromatic N) is 6. The van der Waals surface area contributed by atoms with Gasteiger partial charge in [-0.05, 0) is 37.9 Å². The molecule has 1 aliphatic rings. The van der Waals surface area contributed by atoms with Crippen LogP contribution in [0.25, 0.3) is 22.2 Å². The van der Waals surface area contributed by atoms with Crippen LogP contribution < -0.4 is 4.90 Å². The van der Waals surface area contributed by atoms with E-state index in [1.807, 2.05) is 75.1 Å². The Balaban J connectivity index is 1.39. The van der Waals surface area contributed by atoms with E-state index in [0.717, 1.165) is 46.5 Å². The van der Waals surface area contributed by atoms with Crippen molar-refractivity contribution in [3.63, 3.8) is 0 Å². The molecule has 0 spiro atoms. The molecule has 3 aromatic heterocycles. The lowest BCUT2D eigenvalue weighted by Crippen LogP contribution is -2.51. The summed E-state index contributed by atoms with van der Waals surface area (Å²) in [6, 6.07) is 9.71. The highest BCUT2D eigenvalue weighted by molar-refractivity contribution is 6.30. The molecule has 1 fully saturated rings. The lowest BCUT2D eigenvalue weighted by atomic mass is 9.96. The fourth-order valence-corrected chi connectivity index (χ4v) is 4.99. The van der Waals surface area contributed by atoms with Gasteiger partial charge in [0.1, 0.15) is 5.65 Å². The van der Waals surface area contributed by atoms with Crippen molar-refractivity contribution in [1.29, 1.82) is 0 Å². The smallest absolute Gasteiger partial charge is 0.231 e. The highest BCUT2D eigenvalue weighted by Gasteiger charge is 2.30. The number of likely N-dealkylation sites (N-methyl/N-ethyl adjacent to an activating group) is 1. The van der Waals surface area contributed by atoms with Crippen LogP contribution in [-0.2, 0) is 11.8 Å². The lowest BCUT2D eigenvalue weighted by Gasteiger charge is -2.39. The minimum Gasteiger partial charge on any atom is -0.367 e. The van der Waals surface area contributed by atoms with E-state index in [2.05, 4.69) is 30.9 Å². The van der Waals surface area contributed by atoms with Crippen molar-refractivity contribution in [2.45, 2.75) is 5.92 Å². The van der Waals surface area contributed by atoms with Crippen LogP contribution in [-0.4, -0.2) is 82.3 Å². The molecule has 35 heavy (non-hydrogen) atoms. The maximum absolute atomic E-state index is 13.6. The molecular formula is C26H30ClN7O. The van der Waals surface area contributed by atoms with E-state index in [1.54, 1.807) is 4.68 Å². The van der Waals surface area contributed by atoms with E-state index in [1.165, 1.54) is 0 Å². The van der Waals surface area contributed by atoms with Gasteiger partial charge in [-0.25, -0.2) is 4.98 Å². The van der Waals surface area contributed by atoms with Crippen molar-refractivity contribution in [3.05, 3.63) is 65.7 Å². The van der Waals surface area contributed by atoms with E-state index < -0.39 is 0 Å². The lowest BCUT2D eigenvalue weighted by molar-refractivity contribution is -0.133. The molecule has 0 aliphatic carbocycles. The number of nitrogens with one attached hydrogen (secondary N) is 1. The fraction of sp³-hybridized carbons (Fsp3) is 0.346. The summed E-state index contributed by atoms with van der Waals surface area (Å²) in [4.78, 5) is 27.9. The molecule has 4 heterocycles. The number of pyridine rings is 1. The van der Waals surface area contributed by atoms with Gasteiger partial charge in [0.05, 0.1) is 17.8 Å². The number of aromatic nitrogens is 4. The van der Waals surface area contributed by atoms with E-state index in [9.17, 15) is 4.79 Å². The predicted molar refractivity (Wildman–Crippen MR) is 140 cm³/mol. The number of amides is 1. The summed E-state index contributed by atoms with van der Waals surface area (Å²) < 4.78 is 1.80. The minimum atomic E-state index is -0.225. The van der Waals surface area contributed by atoms with Gasteiger partial charge in [-0.2, -0.15) is 5.10 Å². The van der Waals surface area contributed by atoms with Gasteiger partial charge in [-0.3, -0.25) is 9.48 Å². The van der Waals surface area contributed by atoms with Crippen molar-refractivity contribution >= 4 is 34.2 Å². The number of anilines is 1. The number of benzene rings is 1. The molecule has 1 aliphatic heterocycles. The maximum atomic E-state index is 13.6. The van der Waals surface area contributed by atoms with Crippen molar-refractivity contribution in [1.82, 2.24) is 29.5 Å². The number of hydrogen-bond donors (Lipinski definition) is 1. The molecule has 0 radical (unpaired) electrons. The van der Waals surface area contributed by atoms with Crippen LogP contribution in [0, 0.1) is 0 Å². The molecule has 1 saturated heterocycles. The number of H-pyrrole nitrogens is 1. The largest absolute Gasteiger partial charge is 0.367 e. The van der Waals surface area contributed by atoms with Crippen LogP contribution in [0.1, 0.15) is 11.5 Å². The Bertz CT molecular complexity index is 1320. The Kier molecular flexibility index (Phi) is 6.49. The molecule has 5 rings (SSSR count). The van der Waals surface area contributed by atoms with Gasteiger partial charge >= 0.3 is 0 Å². The Hall–Kier alpha value is -3.36. The Morgan fingerprint density at radius 1 is 1.11 bits per heavy atom. The fourth-order valence-electron chi connectivity index (χ4n) is 4.86. The normalized spacial score (nSPS) is 15.2. The van der Waals surface area contributed by atoms with Crippen molar-refractivity contribution < 1.29 is 4.79 Å². The first-order chi connectivity index (χ1) is 16.9. The molecule has 1 aromatic carbocycles. The first-order valence-electron chi connectivity index (χ1n) is 11.8. The Morgan fingerprint density at radius 3 is 2.51 bits per heavy atom. The monoisotopic (exact) mass is 491 g/mol. The summed E-state index contributed by atoms with van der Waals surface area (Å²) in [7, 11) is 5.92. The van der Waals surface area contributed by atoms with Gasteiger partial charge in [-0.1, -0.05) is 23.7 Å². The predicted octanol–water partition coefficient (Wildman–Crippen LogP) is 3.61. The third kappa shape index (κ3) is 4.76. The van der Waals surface area contributed by atoms with E-state index >= 15 is 0 Å². The zero-order valence-electron chi connectivity index (χ0n) is 20.3. The first kappa shape index (κ1) is 23.4. The molecule has 0 saturated carbocycles. The van der Waals surface area contributed by atoms with E-state index in [0.29, 0.717) is 24.7 Å². The Labute approximate surface area is 210 Å². The number of carbonyl (C=O) groups is 1. The number of rotatable bonds is 6. The number of halogens is 1. The summed E-state index contributed by atoms with van der Waals surface area (Å²) >= 11 is 6.09.